The molecule has 166 valence electrons. The number of nitriles is 1. The third kappa shape index (κ3) is 4.16. The first kappa shape index (κ1) is 21.5. The van der Waals surface area contributed by atoms with E-state index in [-0.39, 0.29) is 0 Å². The molecule has 0 radical (unpaired) electrons. The molecule has 0 N–H and O–H groups in total. The van der Waals surface area contributed by atoms with Crippen molar-refractivity contribution in [2.24, 2.45) is 0 Å². The maximum absolute atomic E-state index is 9.05. The van der Waals surface area contributed by atoms with E-state index in [1.54, 1.807) is 0 Å². The van der Waals surface area contributed by atoms with Crippen LogP contribution >= 0.6 is 11.8 Å². The van der Waals surface area contributed by atoms with Gasteiger partial charge in [0, 0.05) is 11.5 Å². The Morgan fingerprint density at radius 1 is 0.571 bits per heavy atom. The molecule has 0 unspecified atom stereocenters. The zero-order valence-electron chi connectivity index (χ0n) is 19.2. The van der Waals surface area contributed by atoms with Crippen LogP contribution in [-0.2, 0) is 11.5 Å². The Hall–Kier alpha value is -4.06. The number of hydrogen-bond acceptors (Lipinski definition) is 2. The molecule has 0 bridgehead atoms. The molecule has 2 heteroatoms. The van der Waals surface area contributed by atoms with Gasteiger partial charge in [-0.05, 0) is 84.9 Å². The van der Waals surface area contributed by atoms with Crippen LogP contribution in [0.5, 0.6) is 0 Å². The molecule has 0 spiro atoms. The van der Waals surface area contributed by atoms with Crippen molar-refractivity contribution in [3.8, 4) is 17.2 Å². The standard InChI is InChI=1S/C33H23NS/c34-20-23-13-15-24(16-14-23)21-35-22-28-10-4-6-12-31(28)33-30-11-5-3-9-27(30)18-29-17-25-7-1-2-8-26(25)19-32(29)33/h1-19H,21-22H2. The third-order valence-corrected chi connectivity index (χ3v) is 7.68. The van der Waals surface area contributed by atoms with Crippen LogP contribution in [0.4, 0.5) is 0 Å². The molecule has 35 heavy (non-hydrogen) atoms. The first-order chi connectivity index (χ1) is 17.3. The SMILES string of the molecule is N#Cc1ccc(CSCc2ccccc2-c2c3ccccc3cc3cc4ccccc4cc23)cc1. The van der Waals surface area contributed by atoms with E-state index in [1.165, 1.54) is 54.6 Å². The summed E-state index contributed by atoms with van der Waals surface area (Å²) in [5.74, 6) is 1.84. The largest absolute Gasteiger partial charge is 0.192 e. The summed E-state index contributed by atoms with van der Waals surface area (Å²) in [4.78, 5) is 0. The molecule has 0 saturated heterocycles. The van der Waals surface area contributed by atoms with Gasteiger partial charge in [-0.25, -0.2) is 0 Å². The van der Waals surface area contributed by atoms with E-state index in [4.69, 9.17) is 5.26 Å². The highest BCUT2D eigenvalue weighted by atomic mass is 32.2. The summed E-state index contributed by atoms with van der Waals surface area (Å²) in [6.45, 7) is 0. The van der Waals surface area contributed by atoms with E-state index in [1.807, 2.05) is 23.9 Å². The molecule has 6 aromatic rings. The van der Waals surface area contributed by atoms with Gasteiger partial charge in [0.1, 0.15) is 0 Å². The van der Waals surface area contributed by atoms with Crippen molar-refractivity contribution < 1.29 is 0 Å². The van der Waals surface area contributed by atoms with Crippen LogP contribution in [0.3, 0.4) is 0 Å². The summed E-state index contributed by atoms with van der Waals surface area (Å²) in [5.41, 5.74) is 5.92. The maximum atomic E-state index is 9.05. The fourth-order valence-corrected chi connectivity index (χ4v) is 5.89. The molecule has 6 rings (SSSR count). The van der Waals surface area contributed by atoms with Gasteiger partial charge in [0.05, 0.1) is 11.6 Å². The smallest absolute Gasteiger partial charge is 0.0991 e. The number of rotatable bonds is 5. The summed E-state index contributed by atoms with van der Waals surface area (Å²) < 4.78 is 0. The van der Waals surface area contributed by atoms with Crippen LogP contribution in [0.1, 0.15) is 16.7 Å². The minimum Gasteiger partial charge on any atom is -0.192 e. The summed E-state index contributed by atoms with van der Waals surface area (Å²) >= 11 is 1.91. The average Bonchev–Trinajstić information content (AvgIpc) is 2.91. The van der Waals surface area contributed by atoms with Gasteiger partial charge in [-0.15, -0.1) is 0 Å². The van der Waals surface area contributed by atoms with E-state index in [0.29, 0.717) is 5.56 Å². The van der Waals surface area contributed by atoms with Crippen LogP contribution < -0.4 is 0 Å². The van der Waals surface area contributed by atoms with Crippen molar-refractivity contribution in [3.05, 3.63) is 132 Å². The highest BCUT2D eigenvalue weighted by molar-refractivity contribution is 7.97. The minimum atomic E-state index is 0.708. The van der Waals surface area contributed by atoms with Crippen LogP contribution in [0, 0.1) is 11.3 Å². The van der Waals surface area contributed by atoms with Gasteiger partial charge in [0.15, 0.2) is 0 Å². The monoisotopic (exact) mass is 465 g/mol. The summed E-state index contributed by atoms with van der Waals surface area (Å²) in [7, 11) is 0. The van der Waals surface area contributed by atoms with Crippen molar-refractivity contribution in [2.45, 2.75) is 11.5 Å². The quantitative estimate of drug-likeness (QED) is 0.237. The second kappa shape index (κ2) is 9.29. The molecule has 0 fully saturated rings. The first-order valence-electron chi connectivity index (χ1n) is 11.8. The predicted octanol–water partition coefficient (Wildman–Crippen LogP) is 9.12. The third-order valence-electron chi connectivity index (χ3n) is 6.62. The number of hydrogen-bond donors (Lipinski definition) is 0. The number of fused-ring (bicyclic) bond motifs is 3. The highest BCUT2D eigenvalue weighted by Crippen LogP contribution is 2.40. The first-order valence-corrected chi connectivity index (χ1v) is 12.9. The van der Waals surface area contributed by atoms with Gasteiger partial charge in [-0.1, -0.05) is 84.9 Å². The van der Waals surface area contributed by atoms with Gasteiger partial charge in [0.2, 0.25) is 0 Å². The van der Waals surface area contributed by atoms with E-state index >= 15 is 0 Å². The lowest BCUT2D eigenvalue weighted by Gasteiger charge is -2.16. The number of benzene rings is 6. The normalized spacial score (nSPS) is 11.2. The Kier molecular flexibility index (Phi) is 5.70. The zero-order chi connectivity index (χ0) is 23.6. The lowest BCUT2D eigenvalue weighted by atomic mass is 9.89. The lowest BCUT2D eigenvalue weighted by molar-refractivity contribution is 1.36. The molecule has 0 aliphatic carbocycles. The summed E-state index contributed by atoms with van der Waals surface area (Å²) in [6.07, 6.45) is 0. The van der Waals surface area contributed by atoms with Crippen LogP contribution in [-0.4, -0.2) is 0 Å². The Balaban J connectivity index is 1.45. The molecule has 0 aromatic heterocycles. The summed E-state index contributed by atoms with van der Waals surface area (Å²) in [5, 5.41) is 16.7. The van der Waals surface area contributed by atoms with Crippen molar-refractivity contribution in [3.63, 3.8) is 0 Å². The Morgan fingerprint density at radius 3 is 2.03 bits per heavy atom. The van der Waals surface area contributed by atoms with Crippen molar-refractivity contribution in [1.29, 1.82) is 5.26 Å². The molecular formula is C33H23NS. The van der Waals surface area contributed by atoms with E-state index in [9.17, 15) is 0 Å². The fourth-order valence-electron chi connectivity index (χ4n) is 4.89. The molecule has 0 amide bonds. The Bertz CT molecular complexity index is 1720. The molecule has 0 saturated carbocycles. The van der Waals surface area contributed by atoms with Gasteiger partial charge < -0.3 is 0 Å². The van der Waals surface area contributed by atoms with E-state index in [0.717, 1.165) is 11.5 Å². The maximum Gasteiger partial charge on any atom is 0.0991 e. The van der Waals surface area contributed by atoms with Crippen LogP contribution in [0.2, 0.25) is 0 Å². The molecule has 1 nitrogen and oxygen atoms in total. The molecular weight excluding hydrogens is 442 g/mol. The van der Waals surface area contributed by atoms with E-state index < -0.39 is 0 Å². The predicted molar refractivity (Wildman–Crippen MR) is 151 cm³/mol. The zero-order valence-corrected chi connectivity index (χ0v) is 20.1. The molecule has 0 heterocycles. The topological polar surface area (TPSA) is 23.8 Å². The second-order valence-corrected chi connectivity index (χ2v) is 9.84. The number of thioether (sulfide) groups is 1. The minimum absolute atomic E-state index is 0.708. The molecule has 0 aliphatic heterocycles. The lowest BCUT2D eigenvalue weighted by Crippen LogP contribution is -1.92. The molecule has 0 atom stereocenters. The second-order valence-electron chi connectivity index (χ2n) is 8.85. The van der Waals surface area contributed by atoms with Gasteiger partial charge in [0.25, 0.3) is 0 Å². The van der Waals surface area contributed by atoms with Gasteiger partial charge >= 0.3 is 0 Å². The number of nitrogens with zero attached hydrogens (tertiary/aromatic N) is 1. The molecule has 0 aliphatic rings. The van der Waals surface area contributed by atoms with Crippen molar-refractivity contribution in [1.82, 2.24) is 0 Å². The summed E-state index contributed by atoms with van der Waals surface area (Å²) in [6, 6.07) is 43.3. The highest BCUT2D eigenvalue weighted by Gasteiger charge is 2.14. The fraction of sp³-hybridized carbons (Fsp3) is 0.0606. The Morgan fingerprint density at radius 2 is 1.23 bits per heavy atom. The van der Waals surface area contributed by atoms with Crippen LogP contribution in [0.15, 0.2) is 115 Å². The van der Waals surface area contributed by atoms with Crippen molar-refractivity contribution >= 4 is 44.1 Å². The Labute approximate surface area is 209 Å². The van der Waals surface area contributed by atoms with E-state index in [2.05, 4.69) is 109 Å². The van der Waals surface area contributed by atoms with Gasteiger partial charge in [-0.3, -0.25) is 0 Å². The van der Waals surface area contributed by atoms with Gasteiger partial charge in [-0.2, -0.15) is 17.0 Å². The molecule has 6 aromatic carbocycles. The van der Waals surface area contributed by atoms with Crippen LogP contribution in [0.25, 0.3) is 43.4 Å². The van der Waals surface area contributed by atoms with Crippen molar-refractivity contribution in [2.75, 3.05) is 0 Å². The average molecular weight is 466 g/mol.